The summed E-state index contributed by atoms with van der Waals surface area (Å²) >= 11 is -1.65. The summed E-state index contributed by atoms with van der Waals surface area (Å²) in [6.45, 7) is 0.277. The maximum absolute atomic E-state index is 11.9. The minimum atomic E-state index is -1.65. The van der Waals surface area contributed by atoms with Crippen LogP contribution in [0.1, 0.15) is 18.4 Å². The maximum atomic E-state index is 11.9. The van der Waals surface area contributed by atoms with Crippen LogP contribution in [0.25, 0.3) is 0 Å². The molecule has 0 N–H and O–H groups in total. The molecule has 1 aliphatic carbocycles. The van der Waals surface area contributed by atoms with E-state index in [9.17, 15) is 9.00 Å². The summed E-state index contributed by atoms with van der Waals surface area (Å²) < 4.78 is 26.4. The Morgan fingerprint density at radius 3 is 2.47 bits per heavy atom. The highest BCUT2D eigenvalue weighted by Gasteiger charge is 2.46. The predicted molar refractivity (Wildman–Crippen MR) is 66.9 cm³/mol. The second-order valence-corrected chi connectivity index (χ2v) is 5.53. The Labute approximate surface area is 113 Å². The SMILES string of the molecule is O=C(OCc1ccccc1)C1C[C@@H]2OS(=O)O[C@@H]2C1. The zero-order valence-electron chi connectivity index (χ0n) is 10.2. The van der Waals surface area contributed by atoms with E-state index in [4.69, 9.17) is 13.1 Å². The molecule has 1 heterocycles. The van der Waals surface area contributed by atoms with Crippen LogP contribution >= 0.6 is 0 Å². The second-order valence-electron chi connectivity index (χ2n) is 4.74. The summed E-state index contributed by atoms with van der Waals surface area (Å²) in [6, 6.07) is 9.54. The third kappa shape index (κ3) is 2.86. The van der Waals surface area contributed by atoms with E-state index in [1.54, 1.807) is 0 Å². The minimum absolute atomic E-state index is 0.226. The Kier molecular flexibility index (Phi) is 3.63. The number of esters is 1. The first kappa shape index (κ1) is 12.8. The van der Waals surface area contributed by atoms with E-state index in [1.165, 1.54) is 0 Å². The number of carbonyl (C=O) groups is 1. The standard InChI is InChI=1S/C13H14O5S/c14-13(16-8-9-4-2-1-3-5-9)10-6-11-12(7-10)18-19(15)17-11/h1-5,10-12H,6-8H2/t10?,11-,12+,19?. The lowest BCUT2D eigenvalue weighted by molar-refractivity contribution is -0.150. The molecule has 102 valence electrons. The van der Waals surface area contributed by atoms with Crippen LogP contribution in [0.2, 0.25) is 0 Å². The highest BCUT2D eigenvalue weighted by Crippen LogP contribution is 2.36. The van der Waals surface area contributed by atoms with Crippen molar-refractivity contribution in [2.75, 3.05) is 0 Å². The van der Waals surface area contributed by atoms with Crippen molar-refractivity contribution >= 4 is 17.3 Å². The number of benzene rings is 1. The van der Waals surface area contributed by atoms with Crippen LogP contribution in [0.5, 0.6) is 0 Å². The lowest BCUT2D eigenvalue weighted by atomic mass is 10.1. The molecule has 1 saturated carbocycles. The number of hydrogen-bond acceptors (Lipinski definition) is 5. The van der Waals surface area contributed by atoms with Gasteiger partial charge in [-0.3, -0.25) is 13.2 Å². The van der Waals surface area contributed by atoms with E-state index >= 15 is 0 Å². The molecular weight excluding hydrogens is 268 g/mol. The van der Waals surface area contributed by atoms with Crippen molar-refractivity contribution in [1.29, 1.82) is 0 Å². The van der Waals surface area contributed by atoms with Crippen molar-refractivity contribution in [1.82, 2.24) is 0 Å². The zero-order valence-corrected chi connectivity index (χ0v) is 11.0. The van der Waals surface area contributed by atoms with Crippen molar-refractivity contribution in [3.8, 4) is 0 Å². The Morgan fingerprint density at radius 2 is 1.84 bits per heavy atom. The molecule has 4 atom stereocenters. The summed E-state index contributed by atoms with van der Waals surface area (Å²) in [4.78, 5) is 11.9. The monoisotopic (exact) mass is 282 g/mol. The van der Waals surface area contributed by atoms with E-state index in [-0.39, 0.29) is 30.7 Å². The van der Waals surface area contributed by atoms with Gasteiger partial charge in [-0.05, 0) is 18.4 Å². The number of hydrogen-bond donors (Lipinski definition) is 0. The molecule has 5 nitrogen and oxygen atoms in total. The van der Waals surface area contributed by atoms with E-state index < -0.39 is 11.4 Å². The molecule has 0 amide bonds. The fraction of sp³-hybridized carbons (Fsp3) is 0.462. The molecule has 2 unspecified atom stereocenters. The number of carbonyl (C=O) groups excluding carboxylic acids is 1. The van der Waals surface area contributed by atoms with Gasteiger partial charge in [-0.15, -0.1) is 0 Å². The first-order chi connectivity index (χ1) is 9.22. The molecule has 1 saturated heterocycles. The van der Waals surface area contributed by atoms with E-state index in [0.717, 1.165) is 5.56 Å². The van der Waals surface area contributed by atoms with Crippen molar-refractivity contribution in [3.05, 3.63) is 35.9 Å². The molecule has 6 heteroatoms. The minimum Gasteiger partial charge on any atom is -0.461 e. The number of fused-ring (bicyclic) bond motifs is 1. The van der Waals surface area contributed by atoms with Gasteiger partial charge in [0.05, 0.1) is 5.92 Å². The lowest BCUT2D eigenvalue weighted by Gasteiger charge is -2.10. The largest absolute Gasteiger partial charge is 0.461 e. The third-order valence-electron chi connectivity index (χ3n) is 3.41. The van der Waals surface area contributed by atoms with Gasteiger partial charge in [0.1, 0.15) is 18.8 Å². The van der Waals surface area contributed by atoms with E-state index in [0.29, 0.717) is 12.8 Å². The molecule has 0 bridgehead atoms. The Balaban J connectivity index is 1.51. The zero-order chi connectivity index (χ0) is 13.2. The number of ether oxygens (including phenoxy) is 1. The number of rotatable bonds is 3. The Hall–Kier alpha value is -1.24. The van der Waals surface area contributed by atoms with Gasteiger partial charge < -0.3 is 4.74 Å². The molecular formula is C13H14O5S. The van der Waals surface area contributed by atoms with Gasteiger partial charge in [0.2, 0.25) is 0 Å². The molecule has 0 aromatic heterocycles. The van der Waals surface area contributed by atoms with Crippen LogP contribution in [0, 0.1) is 5.92 Å². The molecule has 0 radical (unpaired) electrons. The first-order valence-corrected chi connectivity index (χ1v) is 7.19. The molecule has 2 aliphatic rings. The summed E-state index contributed by atoms with van der Waals surface area (Å²) in [7, 11) is 0. The Bertz CT molecular complexity index is 473. The summed E-state index contributed by atoms with van der Waals surface area (Å²) in [6.07, 6.45) is 0.554. The average Bonchev–Trinajstić information content (AvgIpc) is 2.94. The van der Waals surface area contributed by atoms with Crippen LogP contribution in [-0.2, 0) is 35.9 Å². The average molecular weight is 282 g/mol. The molecule has 2 fully saturated rings. The first-order valence-electron chi connectivity index (χ1n) is 6.19. The fourth-order valence-corrected chi connectivity index (χ4v) is 3.28. The van der Waals surface area contributed by atoms with Crippen LogP contribution in [0.4, 0.5) is 0 Å². The van der Waals surface area contributed by atoms with Gasteiger partial charge in [0, 0.05) is 0 Å². The van der Waals surface area contributed by atoms with Crippen LogP contribution in [0.15, 0.2) is 30.3 Å². The van der Waals surface area contributed by atoms with Crippen molar-refractivity contribution < 1.29 is 22.1 Å². The smallest absolute Gasteiger partial charge is 0.309 e. The lowest BCUT2D eigenvalue weighted by Crippen LogP contribution is -2.17. The van der Waals surface area contributed by atoms with E-state index in [1.807, 2.05) is 30.3 Å². The van der Waals surface area contributed by atoms with Crippen LogP contribution < -0.4 is 0 Å². The van der Waals surface area contributed by atoms with Gasteiger partial charge >= 0.3 is 17.3 Å². The summed E-state index contributed by atoms with van der Waals surface area (Å²) in [5, 5.41) is 0. The van der Waals surface area contributed by atoms with Gasteiger partial charge in [0.15, 0.2) is 0 Å². The van der Waals surface area contributed by atoms with Crippen molar-refractivity contribution in [3.63, 3.8) is 0 Å². The van der Waals surface area contributed by atoms with Gasteiger partial charge in [0.25, 0.3) is 0 Å². The second kappa shape index (κ2) is 5.40. The molecule has 3 rings (SSSR count). The fourth-order valence-electron chi connectivity index (χ4n) is 2.43. The topological polar surface area (TPSA) is 61.8 Å². The van der Waals surface area contributed by atoms with Crippen molar-refractivity contribution in [2.24, 2.45) is 5.92 Å². The van der Waals surface area contributed by atoms with E-state index in [2.05, 4.69) is 0 Å². The quantitative estimate of drug-likeness (QED) is 0.786. The normalized spacial score (nSPS) is 33.1. The molecule has 1 aliphatic heterocycles. The van der Waals surface area contributed by atoms with Crippen LogP contribution in [0.3, 0.4) is 0 Å². The van der Waals surface area contributed by atoms with Gasteiger partial charge in [-0.1, -0.05) is 30.3 Å². The maximum Gasteiger partial charge on any atom is 0.309 e. The summed E-state index contributed by atoms with van der Waals surface area (Å²) in [5.41, 5.74) is 0.961. The molecule has 1 aromatic carbocycles. The highest BCUT2D eigenvalue weighted by molar-refractivity contribution is 7.75. The Morgan fingerprint density at radius 1 is 1.21 bits per heavy atom. The van der Waals surface area contributed by atoms with Crippen molar-refractivity contribution in [2.45, 2.75) is 31.7 Å². The predicted octanol–water partition coefficient (Wildman–Crippen LogP) is 1.50. The van der Waals surface area contributed by atoms with Crippen LogP contribution in [-0.4, -0.2) is 22.4 Å². The van der Waals surface area contributed by atoms with Gasteiger partial charge in [-0.2, -0.15) is 4.21 Å². The summed E-state index contributed by atoms with van der Waals surface area (Å²) in [5.74, 6) is -0.466. The van der Waals surface area contributed by atoms with Gasteiger partial charge in [-0.25, -0.2) is 0 Å². The molecule has 1 aromatic rings. The third-order valence-corrected chi connectivity index (χ3v) is 4.22. The highest BCUT2D eigenvalue weighted by atomic mass is 32.2. The molecule has 0 spiro atoms. The molecule has 19 heavy (non-hydrogen) atoms.